The van der Waals surface area contributed by atoms with Gasteiger partial charge >= 0.3 is 0 Å². The van der Waals surface area contributed by atoms with Gasteiger partial charge in [-0.2, -0.15) is 10.4 Å². The van der Waals surface area contributed by atoms with Crippen LogP contribution in [0.25, 0.3) is 5.69 Å². The van der Waals surface area contributed by atoms with E-state index in [0.29, 0.717) is 60.4 Å². The van der Waals surface area contributed by atoms with Crippen LogP contribution in [0.5, 0.6) is 0 Å². The maximum absolute atomic E-state index is 13.2. The molecule has 4 rings (SSSR count). The molecule has 2 N–H and O–H groups in total. The molecule has 170 valence electrons. The van der Waals surface area contributed by atoms with Gasteiger partial charge in [-0.15, -0.1) is 0 Å². The molecule has 1 saturated carbocycles. The molecule has 7 nitrogen and oxygen atoms in total. The van der Waals surface area contributed by atoms with E-state index in [0.717, 1.165) is 0 Å². The molecule has 0 saturated heterocycles. The molecule has 0 unspecified atom stereocenters. The summed E-state index contributed by atoms with van der Waals surface area (Å²) in [4.78, 5) is 17.3. The Morgan fingerprint density at radius 2 is 1.88 bits per heavy atom. The Morgan fingerprint density at radius 1 is 1.18 bits per heavy atom. The number of rotatable bonds is 5. The highest BCUT2D eigenvalue weighted by atomic mass is 19.1. The molecule has 0 aliphatic heterocycles. The molecule has 8 heteroatoms. The number of anilines is 1. The van der Waals surface area contributed by atoms with E-state index in [2.05, 4.69) is 21.5 Å². The van der Waals surface area contributed by atoms with Gasteiger partial charge < -0.3 is 10.4 Å². The first-order chi connectivity index (χ1) is 15.8. The van der Waals surface area contributed by atoms with Crippen LogP contribution >= 0.6 is 0 Å². The number of aromatic nitrogens is 3. The van der Waals surface area contributed by atoms with Crippen molar-refractivity contribution in [3.8, 4) is 11.8 Å². The van der Waals surface area contributed by atoms with Crippen LogP contribution in [0.4, 0.5) is 10.1 Å². The fourth-order valence-corrected chi connectivity index (χ4v) is 4.35. The highest BCUT2D eigenvalue weighted by molar-refractivity contribution is 6.04. The van der Waals surface area contributed by atoms with Crippen molar-refractivity contribution in [2.75, 3.05) is 5.32 Å². The number of carbonyl (C=O) groups is 1. The highest BCUT2D eigenvalue weighted by Crippen LogP contribution is 2.43. The minimum Gasteiger partial charge on any atom is -0.390 e. The average molecular weight is 448 g/mol. The molecule has 0 radical (unpaired) electrons. The van der Waals surface area contributed by atoms with Crippen molar-refractivity contribution in [1.82, 2.24) is 14.8 Å². The first-order valence-electron chi connectivity index (χ1n) is 11.0. The maximum atomic E-state index is 13.2. The Labute approximate surface area is 191 Å². The summed E-state index contributed by atoms with van der Waals surface area (Å²) in [6.45, 7) is 3.73. The van der Waals surface area contributed by atoms with Crippen LogP contribution in [0, 0.1) is 24.1 Å². The third-order valence-electron chi connectivity index (χ3n) is 6.74. The predicted octanol–water partition coefficient (Wildman–Crippen LogP) is 4.44. The molecular weight excluding hydrogens is 421 g/mol. The largest absolute Gasteiger partial charge is 0.390 e. The van der Waals surface area contributed by atoms with Crippen LogP contribution in [0.1, 0.15) is 60.8 Å². The zero-order valence-electron chi connectivity index (χ0n) is 18.7. The van der Waals surface area contributed by atoms with E-state index in [9.17, 15) is 19.6 Å². The van der Waals surface area contributed by atoms with Crippen molar-refractivity contribution in [3.05, 3.63) is 71.6 Å². The summed E-state index contributed by atoms with van der Waals surface area (Å²) in [5.74, 6) is -0.680. The lowest BCUT2D eigenvalue weighted by Crippen LogP contribution is -2.40. The molecule has 1 fully saturated rings. The fourth-order valence-electron chi connectivity index (χ4n) is 4.35. The second kappa shape index (κ2) is 8.75. The number of hydrogen-bond acceptors (Lipinski definition) is 5. The zero-order chi connectivity index (χ0) is 23.6. The van der Waals surface area contributed by atoms with E-state index in [4.69, 9.17) is 0 Å². The Hall–Kier alpha value is -3.57. The summed E-state index contributed by atoms with van der Waals surface area (Å²) in [7, 11) is 0. The summed E-state index contributed by atoms with van der Waals surface area (Å²) in [6.07, 6.45) is 5.92. The van der Waals surface area contributed by atoms with Crippen LogP contribution in [-0.4, -0.2) is 31.4 Å². The molecule has 1 aliphatic rings. The first kappa shape index (κ1) is 22.6. The van der Waals surface area contributed by atoms with E-state index in [-0.39, 0.29) is 11.7 Å². The number of nitrogens with zero attached hydrogens (tertiary/aromatic N) is 4. The summed E-state index contributed by atoms with van der Waals surface area (Å²) in [6, 6.07) is 11.8. The number of halogens is 1. The summed E-state index contributed by atoms with van der Waals surface area (Å²) in [5.41, 5.74) is 1.40. The normalized spacial score (nSPS) is 22.5. The standard InChI is InChI=1S/C25H26FN5O2/c1-3-25(33)12-10-24(16-27,11-13-25)22-9-6-19(14-28-22)30-23(32)21-15-29-31(17(21)2)20-7-4-18(26)5-8-20/h4-9,14-15,33H,3,10-13H2,1-2H3,(H,30,32)/t24-,25-. The average Bonchev–Trinajstić information content (AvgIpc) is 3.22. The Morgan fingerprint density at radius 3 is 2.45 bits per heavy atom. The second-order valence-corrected chi connectivity index (χ2v) is 8.69. The van der Waals surface area contributed by atoms with Crippen molar-refractivity contribution >= 4 is 11.6 Å². The SMILES string of the molecule is CC[C@]1(O)CC[C@](C#N)(c2ccc(NC(=O)c3cnn(-c4ccc(F)cc4)c3C)cn2)CC1. The van der Waals surface area contributed by atoms with E-state index in [1.165, 1.54) is 18.3 Å². The molecule has 1 aromatic carbocycles. The van der Waals surface area contributed by atoms with Gasteiger partial charge in [0.05, 0.1) is 57.8 Å². The minimum atomic E-state index is -0.725. The van der Waals surface area contributed by atoms with Crippen molar-refractivity contribution in [2.24, 2.45) is 0 Å². The van der Waals surface area contributed by atoms with Crippen molar-refractivity contribution in [2.45, 2.75) is 57.0 Å². The lowest BCUT2D eigenvalue weighted by atomic mass is 9.67. The Kier molecular flexibility index (Phi) is 6.00. The number of nitriles is 1. The summed E-state index contributed by atoms with van der Waals surface area (Å²) >= 11 is 0. The molecule has 0 atom stereocenters. The lowest BCUT2D eigenvalue weighted by molar-refractivity contribution is -0.0124. The molecule has 0 spiro atoms. The lowest BCUT2D eigenvalue weighted by Gasteiger charge is -2.39. The Bertz CT molecular complexity index is 1190. The fraction of sp³-hybridized carbons (Fsp3) is 0.360. The molecule has 2 aromatic heterocycles. The van der Waals surface area contributed by atoms with Gasteiger partial charge in [0, 0.05) is 0 Å². The Balaban J connectivity index is 1.48. The molecule has 1 amide bonds. The van der Waals surface area contributed by atoms with Crippen LogP contribution in [0.3, 0.4) is 0 Å². The molecule has 3 aromatic rings. The van der Waals surface area contributed by atoms with Crippen LogP contribution in [0.15, 0.2) is 48.8 Å². The van der Waals surface area contributed by atoms with Gasteiger partial charge in [0.1, 0.15) is 5.82 Å². The van der Waals surface area contributed by atoms with Gasteiger partial charge in [0.25, 0.3) is 5.91 Å². The summed E-state index contributed by atoms with van der Waals surface area (Å²) in [5, 5.41) is 27.5. The maximum Gasteiger partial charge on any atom is 0.259 e. The van der Waals surface area contributed by atoms with Crippen molar-refractivity contribution in [3.63, 3.8) is 0 Å². The second-order valence-electron chi connectivity index (χ2n) is 8.69. The van der Waals surface area contributed by atoms with Crippen LogP contribution in [0.2, 0.25) is 0 Å². The molecule has 1 aliphatic carbocycles. The number of pyridine rings is 1. The molecule has 33 heavy (non-hydrogen) atoms. The summed E-state index contributed by atoms with van der Waals surface area (Å²) < 4.78 is 14.8. The van der Waals surface area contributed by atoms with Gasteiger partial charge in [-0.25, -0.2) is 9.07 Å². The minimum absolute atomic E-state index is 0.337. The monoisotopic (exact) mass is 447 g/mol. The smallest absolute Gasteiger partial charge is 0.259 e. The zero-order valence-corrected chi connectivity index (χ0v) is 18.7. The number of carbonyl (C=O) groups excluding carboxylic acids is 1. The third-order valence-corrected chi connectivity index (χ3v) is 6.74. The van der Waals surface area contributed by atoms with Gasteiger partial charge in [0.15, 0.2) is 0 Å². The number of hydrogen-bond donors (Lipinski definition) is 2. The van der Waals surface area contributed by atoms with E-state index < -0.39 is 11.0 Å². The topological polar surface area (TPSA) is 104 Å². The molecule has 0 bridgehead atoms. The van der Waals surface area contributed by atoms with Crippen LogP contribution in [-0.2, 0) is 5.41 Å². The number of aliphatic hydroxyl groups is 1. The van der Waals surface area contributed by atoms with E-state index >= 15 is 0 Å². The third kappa shape index (κ3) is 4.37. The number of benzene rings is 1. The predicted molar refractivity (Wildman–Crippen MR) is 121 cm³/mol. The quantitative estimate of drug-likeness (QED) is 0.602. The van der Waals surface area contributed by atoms with Crippen LogP contribution < -0.4 is 5.32 Å². The van der Waals surface area contributed by atoms with Gasteiger partial charge in [-0.1, -0.05) is 6.92 Å². The molecule has 2 heterocycles. The van der Waals surface area contributed by atoms with Gasteiger partial charge in [-0.05, 0) is 75.4 Å². The number of nitrogens with one attached hydrogen (secondary N) is 1. The molecular formula is C25H26FN5O2. The van der Waals surface area contributed by atoms with Crippen molar-refractivity contribution < 1.29 is 14.3 Å². The van der Waals surface area contributed by atoms with E-state index in [1.807, 2.05) is 6.92 Å². The van der Waals surface area contributed by atoms with Crippen molar-refractivity contribution in [1.29, 1.82) is 5.26 Å². The van der Waals surface area contributed by atoms with E-state index in [1.54, 1.807) is 42.1 Å². The first-order valence-corrected chi connectivity index (χ1v) is 11.0. The van der Waals surface area contributed by atoms with Gasteiger partial charge in [-0.3, -0.25) is 9.78 Å². The van der Waals surface area contributed by atoms with Gasteiger partial charge in [0.2, 0.25) is 0 Å². The number of amides is 1. The highest BCUT2D eigenvalue weighted by Gasteiger charge is 2.43.